The van der Waals surface area contributed by atoms with Gasteiger partial charge in [0.15, 0.2) is 11.5 Å². The Morgan fingerprint density at radius 3 is 2.69 bits per heavy atom. The molecule has 6 nitrogen and oxygen atoms in total. The minimum absolute atomic E-state index is 0.134. The Bertz CT molecular complexity index is 957. The fourth-order valence-corrected chi connectivity index (χ4v) is 2.98. The van der Waals surface area contributed by atoms with Crippen LogP contribution in [0.3, 0.4) is 0 Å². The van der Waals surface area contributed by atoms with E-state index < -0.39 is 5.97 Å². The number of carbonyl (C=O) groups excluding carboxylic acids is 1. The first-order valence-corrected chi connectivity index (χ1v) is 8.34. The zero-order valence-corrected chi connectivity index (χ0v) is 14.3. The Morgan fingerprint density at radius 2 is 1.88 bits per heavy atom. The van der Waals surface area contributed by atoms with E-state index in [2.05, 4.69) is 10.3 Å². The molecule has 6 heteroatoms. The number of nitrogens with zero attached hydrogens (tertiary/aromatic N) is 1. The van der Waals surface area contributed by atoms with Crippen LogP contribution in [0.2, 0.25) is 0 Å². The van der Waals surface area contributed by atoms with Crippen LogP contribution in [0.15, 0.2) is 54.7 Å². The van der Waals surface area contributed by atoms with E-state index in [1.54, 1.807) is 0 Å². The molecule has 1 atom stereocenters. The van der Waals surface area contributed by atoms with Gasteiger partial charge in [-0.1, -0.05) is 36.4 Å². The van der Waals surface area contributed by atoms with Crippen LogP contribution in [0.4, 0.5) is 5.82 Å². The number of methoxy groups -OCH3 is 1. The first-order chi connectivity index (χ1) is 12.8. The molecule has 2 heterocycles. The van der Waals surface area contributed by atoms with Crippen molar-refractivity contribution in [3.8, 4) is 11.5 Å². The largest absolute Gasteiger partial charge is 0.486 e. The topological polar surface area (TPSA) is 69.7 Å². The number of fused-ring (bicyclic) bond motifs is 2. The van der Waals surface area contributed by atoms with Gasteiger partial charge in [0.05, 0.1) is 19.2 Å². The number of pyridine rings is 1. The van der Waals surface area contributed by atoms with Crippen LogP contribution in [0, 0.1) is 0 Å². The summed E-state index contributed by atoms with van der Waals surface area (Å²) in [6, 6.07) is 15.2. The van der Waals surface area contributed by atoms with Gasteiger partial charge in [0.2, 0.25) is 0 Å². The average Bonchev–Trinajstić information content (AvgIpc) is 2.71. The second-order valence-electron chi connectivity index (χ2n) is 5.94. The summed E-state index contributed by atoms with van der Waals surface area (Å²) in [4.78, 5) is 16.3. The van der Waals surface area contributed by atoms with Crippen molar-refractivity contribution in [3.63, 3.8) is 0 Å². The van der Waals surface area contributed by atoms with Gasteiger partial charge in [-0.25, -0.2) is 9.78 Å². The zero-order chi connectivity index (χ0) is 17.9. The molecule has 0 aliphatic carbocycles. The number of ether oxygens (including phenoxy) is 3. The minimum atomic E-state index is -0.402. The summed E-state index contributed by atoms with van der Waals surface area (Å²) in [7, 11) is 1.36. The number of carbonyl (C=O) groups is 1. The molecule has 132 valence electrons. The van der Waals surface area contributed by atoms with Crippen molar-refractivity contribution in [1.29, 1.82) is 0 Å². The van der Waals surface area contributed by atoms with E-state index in [-0.39, 0.29) is 6.10 Å². The first-order valence-electron chi connectivity index (χ1n) is 8.34. The molecule has 26 heavy (non-hydrogen) atoms. The quantitative estimate of drug-likeness (QED) is 0.728. The van der Waals surface area contributed by atoms with Gasteiger partial charge in [0.1, 0.15) is 18.5 Å². The van der Waals surface area contributed by atoms with Crippen molar-refractivity contribution < 1.29 is 19.0 Å². The molecular formula is C20H18N2O4. The van der Waals surface area contributed by atoms with Gasteiger partial charge in [-0.3, -0.25) is 0 Å². The maximum atomic E-state index is 11.9. The Morgan fingerprint density at radius 1 is 1.15 bits per heavy atom. The Hall–Kier alpha value is -3.28. The fraction of sp³-hybridized carbons (Fsp3) is 0.200. The summed E-state index contributed by atoms with van der Waals surface area (Å²) in [5.41, 5.74) is 0.444. The molecule has 1 N–H and O–H groups in total. The molecule has 0 spiro atoms. The number of hydrogen-bond acceptors (Lipinski definition) is 6. The van der Waals surface area contributed by atoms with Gasteiger partial charge >= 0.3 is 5.97 Å². The van der Waals surface area contributed by atoms with Crippen molar-refractivity contribution in [2.75, 3.05) is 25.6 Å². The number of anilines is 1. The lowest BCUT2D eigenvalue weighted by Gasteiger charge is -2.26. The standard InChI is InChI=1S/C20H18N2O4/c1-24-20(23)16-11-22-19(15-7-3-2-6-14(15)16)21-10-13-12-25-17-8-4-5-9-18(17)26-13/h2-9,11,13H,10,12H2,1H3,(H,21,22). The van der Waals surface area contributed by atoms with Crippen LogP contribution in [-0.2, 0) is 4.74 Å². The van der Waals surface area contributed by atoms with Gasteiger partial charge in [0, 0.05) is 17.0 Å². The molecule has 1 aliphatic heterocycles. The van der Waals surface area contributed by atoms with E-state index in [0.717, 1.165) is 22.3 Å². The minimum Gasteiger partial charge on any atom is -0.486 e. The molecule has 3 aromatic rings. The first kappa shape index (κ1) is 16.2. The fourth-order valence-electron chi connectivity index (χ4n) is 2.98. The van der Waals surface area contributed by atoms with Gasteiger partial charge in [0.25, 0.3) is 0 Å². The van der Waals surface area contributed by atoms with Crippen molar-refractivity contribution in [2.45, 2.75) is 6.10 Å². The van der Waals surface area contributed by atoms with E-state index in [0.29, 0.717) is 24.5 Å². The average molecular weight is 350 g/mol. The summed E-state index contributed by atoms with van der Waals surface area (Å²) in [6.07, 6.45) is 1.40. The van der Waals surface area contributed by atoms with Crippen molar-refractivity contribution in [2.24, 2.45) is 0 Å². The highest BCUT2D eigenvalue weighted by Gasteiger charge is 2.21. The molecule has 0 radical (unpaired) electrons. The predicted molar refractivity (Wildman–Crippen MR) is 97.9 cm³/mol. The van der Waals surface area contributed by atoms with Gasteiger partial charge in [-0.15, -0.1) is 0 Å². The lowest BCUT2D eigenvalue weighted by atomic mass is 10.1. The number of hydrogen-bond donors (Lipinski definition) is 1. The van der Waals surface area contributed by atoms with Crippen molar-refractivity contribution >= 4 is 22.6 Å². The monoisotopic (exact) mass is 350 g/mol. The number of nitrogens with one attached hydrogen (secondary N) is 1. The van der Waals surface area contributed by atoms with Gasteiger partial charge in [-0.05, 0) is 12.1 Å². The Labute approximate surface area is 150 Å². The van der Waals surface area contributed by atoms with Crippen LogP contribution in [0.25, 0.3) is 10.8 Å². The third kappa shape index (κ3) is 3.01. The second-order valence-corrected chi connectivity index (χ2v) is 5.94. The highest BCUT2D eigenvalue weighted by molar-refractivity contribution is 6.07. The molecule has 1 aromatic heterocycles. The molecular weight excluding hydrogens is 332 g/mol. The van der Waals surface area contributed by atoms with E-state index >= 15 is 0 Å². The second kappa shape index (κ2) is 6.92. The highest BCUT2D eigenvalue weighted by atomic mass is 16.6. The normalized spacial score (nSPS) is 15.5. The maximum absolute atomic E-state index is 11.9. The molecule has 1 aliphatic rings. The smallest absolute Gasteiger partial charge is 0.340 e. The third-order valence-corrected chi connectivity index (χ3v) is 4.27. The lowest BCUT2D eigenvalue weighted by molar-refractivity contribution is 0.0602. The summed E-state index contributed by atoms with van der Waals surface area (Å²) in [5.74, 6) is 1.79. The van der Waals surface area contributed by atoms with Gasteiger partial charge < -0.3 is 19.5 Å². The number of para-hydroxylation sites is 2. The molecule has 0 amide bonds. The van der Waals surface area contributed by atoms with Crippen LogP contribution < -0.4 is 14.8 Å². The summed E-state index contributed by atoms with van der Waals surface area (Å²) in [6.45, 7) is 0.991. The number of benzene rings is 2. The Balaban J connectivity index is 1.54. The van der Waals surface area contributed by atoms with Crippen LogP contribution in [0.1, 0.15) is 10.4 Å². The van der Waals surface area contributed by atoms with E-state index in [4.69, 9.17) is 14.2 Å². The Kier molecular flexibility index (Phi) is 4.31. The molecule has 0 saturated carbocycles. The number of esters is 1. The number of rotatable bonds is 4. The van der Waals surface area contributed by atoms with Gasteiger partial charge in [-0.2, -0.15) is 0 Å². The third-order valence-electron chi connectivity index (χ3n) is 4.27. The van der Waals surface area contributed by atoms with E-state index in [1.165, 1.54) is 13.3 Å². The molecule has 0 fully saturated rings. The van der Waals surface area contributed by atoms with Crippen LogP contribution >= 0.6 is 0 Å². The molecule has 0 saturated heterocycles. The maximum Gasteiger partial charge on any atom is 0.340 e. The molecule has 2 aromatic carbocycles. The molecule has 1 unspecified atom stereocenters. The summed E-state index contributed by atoms with van der Waals surface area (Å²) >= 11 is 0. The molecule has 4 rings (SSSR count). The predicted octanol–water partition coefficient (Wildman–Crippen LogP) is 3.27. The van der Waals surface area contributed by atoms with E-state index in [9.17, 15) is 4.79 Å². The highest BCUT2D eigenvalue weighted by Crippen LogP contribution is 2.31. The number of aromatic nitrogens is 1. The summed E-state index contributed by atoms with van der Waals surface area (Å²) < 4.78 is 16.5. The summed E-state index contributed by atoms with van der Waals surface area (Å²) in [5, 5.41) is 4.95. The van der Waals surface area contributed by atoms with E-state index in [1.807, 2.05) is 48.5 Å². The molecule has 0 bridgehead atoms. The van der Waals surface area contributed by atoms with Crippen molar-refractivity contribution in [3.05, 3.63) is 60.3 Å². The van der Waals surface area contributed by atoms with Crippen molar-refractivity contribution in [1.82, 2.24) is 4.98 Å². The lowest BCUT2D eigenvalue weighted by Crippen LogP contribution is -2.35. The SMILES string of the molecule is COC(=O)c1cnc(NCC2COc3ccccc3O2)c2ccccc12. The zero-order valence-electron chi connectivity index (χ0n) is 14.3. The van der Waals surface area contributed by atoms with Crippen LogP contribution in [0.5, 0.6) is 11.5 Å². The van der Waals surface area contributed by atoms with Crippen LogP contribution in [-0.4, -0.2) is 37.3 Å².